The van der Waals surface area contributed by atoms with Gasteiger partial charge in [0.15, 0.2) is 11.5 Å². The van der Waals surface area contributed by atoms with Crippen LogP contribution in [0.5, 0.6) is 11.5 Å². The van der Waals surface area contributed by atoms with E-state index in [1.54, 1.807) is 14.2 Å². The molecule has 0 atom stereocenters. The van der Waals surface area contributed by atoms with Crippen LogP contribution in [-0.4, -0.2) is 42.0 Å². The van der Waals surface area contributed by atoms with E-state index >= 15 is 0 Å². The van der Waals surface area contributed by atoms with E-state index in [0.717, 1.165) is 49.3 Å². The summed E-state index contributed by atoms with van der Waals surface area (Å²) in [4.78, 5) is 2.53. The average Bonchev–Trinajstić information content (AvgIpc) is 2.93. The zero-order chi connectivity index (χ0) is 17.8. The lowest BCUT2D eigenvalue weighted by Gasteiger charge is -2.32. The average molecular weight is 343 g/mol. The van der Waals surface area contributed by atoms with Gasteiger partial charge in [-0.25, -0.2) is 0 Å². The zero-order valence-electron chi connectivity index (χ0n) is 15.8. The van der Waals surface area contributed by atoms with Gasteiger partial charge in [0.1, 0.15) is 0 Å². The molecule has 136 valence electrons. The van der Waals surface area contributed by atoms with Crippen molar-refractivity contribution < 1.29 is 9.47 Å². The van der Waals surface area contributed by atoms with Crippen LogP contribution in [0.1, 0.15) is 29.8 Å². The molecule has 5 nitrogen and oxygen atoms in total. The van der Waals surface area contributed by atoms with Crippen LogP contribution in [-0.2, 0) is 13.1 Å². The van der Waals surface area contributed by atoms with Gasteiger partial charge in [0, 0.05) is 18.8 Å². The molecule has 1 aliphatic rings. The Morgan fingerprint density at radius 3 is 2.36 bits per heavy atom. The fourth-order valence-corrected chi connectivity index (χ4v) is 3.67. The first kappa shape index (κ1) is 17.8. The quantitative estimate of drug-likeness (QED) is 0.806. The third-order valence-corrected chi connectivity index (χ3v) is 5.10. The van der Waals surface area contributed by atoms with Gasteiger partial charge >= 0.3 is 0 Å². The molecule has 0 aliphatic carbocycles. The number of hydrogen-bond donors (Lipinski definition) is 0. The van der Waals surface area contributed by atoms with Crippen molar-refractivity contribution in [1.29, 1.82) is 0 Å². The SMILES string of the molecule is COc1ccc(CN2CCC(Cn3nc(C)cc3C)CC2)cc1OC. The molecule has 1 aromatic carbocycles. The molecule has 0 spiro atoms. The highest BCUT2D eigenvalue weighted by Gasteiger charge is 2.21. The van der Waals surface area contributed by atoms with Gasteiger partial charge < -0.3 is 9.47 Å². The molecule has 1 aromatic heterocycles. The molecule has 2 aromatic rings. The summed E-state index contributed by atoms with van der Waals surface area (Å²) in [5.41, 5.74) is 3.66. The number of likely N-dealkylation sites (tertiary alicyclic amines) is 1. The smallest absolute Gasteiger partial charge is 0.161 e. The molecule has 3 rings (SSSR count). The second-order valence-electron chi connectivity index (χ2n) is 7.02. The van der Waals surface area contributed by atoms with E-state index in [4.69, 9.17) is 9.47 Å². The number of aromatic nitrogens is 2. The molecule has 0 radical (unpaired) electrons. The lowest BCUT2D eigenvalue weighted by molar-refractivity contribution is 0.164. The summed E-state index contributed by atoms with van der Waals surface area (Å²) >= 11 is 0. The minimum absolute atomic E-state index is 0.722. The van der Waals surface area contributed by atoms with E-state index in [0.29, 0.717) is 0 Å². The molecular weight excluding hydrogens is 314 g/mol. The minimum atomic E-state index is 0.722. The number of ether oxygens (including phenoxy) is 2. The maximum atomic E-state index is 5.41. The molecule has 0 amide bonds. The maximum Gasteiger partial charge on any atom is 0.161 e. The Bertz CT molecular complexity index is 703. The molecule has 0 bridgehead atoms. The highest BCUT2D eigenvalue weighted by molar-refractivity contribution is 5.42. The van der Waals surface area contributed by atoms with Crippen molar-refractivity contribution in [2.45, 2.75) is 39.8 Å². The second-order valence-corrected chi connectivity index (χ2v) is 7.02. The molecule has 0 N–H and O–H groups in total. The lowest BCUT2D eigenvalue weighted by atomic mass is 9.96. The van der Waals surface area contributed by atoms with Crippen LogP contribution in [0.3, 0.4) is 0 Å². The number of rotatable bonds is 6. The maximum absolute atomic E-state index is 5.41. The molecule has 1 saturated heterocycles. The predicted octanol–water partition coefficient (Wildman–Crippen LogP) is 3.43. The highest BCUT2D eigenvalue weighted by Crippen LogP contribution is 2.29. The predicted molar refractivity (Wildman–Crippen MR) is 99.2 cm³/mol. The van der Waals surface area contributed by atoms with Gasteiger partial charge in [0.25, 0.3) is 0 Å². The summed E-state index contributed by atoms with van der Waals surface area (Å²) in [5, 5.41) is 4.60. The van der Waals surface area contributed by atoms with Crippen molar-refractivity contribution in [2.24, 2.45) is 5.92 Å². The van der Waals surface area contributed by atoms with E-state index in [1.807, 2.05) is 6.07 Å². The Balaban J connectivity index is 1.53. The summed E-state index contributed by atoms with van der Waals surface area (Å²) in [6.07, 6.45) is 2.46. The van der Waals surface area contributed by atoms with E-state index in [-0.39, 0.29) is 0 Å². The molecule has 2 heterocycles. The van der Waals surface area contributed by atoms with Crippen LogP contribution < -0.4 is 9.47 Å². The van der Waals surface area contributed by atoms with Gasteiger partial charge in [-0.15, -0.1) is 0 Å². The largest absolute Gasteiger partial charge is 0.493 e. The standard InChI is InChI=1S/C20H29N3O2/c1-15-11-16(2)23(21-15)14-17-7-9-22(10-8-17)13-18-5-6-19(24-3)20(12-18)25-4/h5-6,11-12,17H,7-10,13-14H2,1-4H3. The first-order chi connectivity index (χ1) is 12.1. The zero-order valence-corrected chi connectivity index (χ0v) is 15.8. The number of benzene rings is 1. The van der Waals surface area contributed by atoms with E-state index in [2.05, 4.69) is 46.7 Å². The number of piperidine rings is 1. The van der Waals surface area contributed by atoms with Crippen LogP contribution in [0, 0.1) is 19.8 Å². The molecule has 1 aliphatic heterocycles. The summed E-state index contributed by atoms with van der Waals surface area (Å²) in [6.45, 7) is 8.49. The van der Waals surface area contributed by atoms with E-state index < -0.39 is 0 Å². The van der Waals surface area contributed by atoms with Gasteiger partial charge in [-0.2, -0.15) is 5.10 Å². The lowest BCUT2D eigenvalue weighted by Crippen LogP contribution is -2.34. The van der Waals surface area contributed by atoms with Crippen LogP contribution in [0.2, 0.25) is 0 Å². The van der Waals surface area contributed by atoms with E-state index in [9.17, 15) is 0 Å². The van der Waals surface area contributed by atoms with Crippen molar-refractivity contribution in [3.63, 3.8) is 0 Å². The van der Waals surface area contributed by atoms with Crippen LogP contribution in [0.15, 0.2) is 24.3 Å². The Kier molecular flexibility index (Phi) is 5.63. The Morgan fingerprint density at radius 2 is 1.76 bits per heavy atom. The minimum Gasteiger partial charge on any atom is -0.493 e. The number of methoxy groups -OCH3 is 2. The van der Waals surface area contributed by atoms with Gasteiger partial charge in [-0.05, 0) is 69.5 Å². The first-order valence-corrected chi connectivity index (χ1v) is 9.03. The monoisotopic (exact) mass is 343 g/mol. The van der Waals surface area contributed by atoms with Gasteiger partial charge in [0.2, 0.25) is 0 Å². The van der Waals surface area contributed by atoms with Crippen molar-refractivity contribution in [2.75, 3.05) is 27.3 Å². The summed E-state index contributed by atoms with van der Waals surface area (Å²) in [5.74, 6) is 2.31. The Morgan fingerprint density at radius 1 is 1.04 bits per heavy atom. The molecule has 0 unspecified atom stereocenters. The summed E-state index contributed by atoms with van der Waals surface area (Å²) in [6, 6.07) is 8.36. The third-order valence-electron chi connectivity index (χ3n) is 5.10. The van der Waals surface area contributed by atoms with Crippen molar-refractivity contribution in [3.05, 3.63) is 41.2 Å². The van der Waals surface area contributed by atoms with Gasteiger partial charge in [-0.3, -0.25) is 9.58 Å². The molecular formula is C20H29N3O2. The second kappa shape index (κ2) is 7.91. The topological polar surface area (TPSA) is 39.5 Å². The van der Waals surface area contributed by atoms with Crippen LogP contribution >= 0.6 is 0 Å². The number of nitrogens with zero attached hydrogens (tertiary/aromatic N) is 3. The number of hydrogen-bond acceptors (Lipinski definition) is 4. The third kappa shape index (κ3) is 4.34. The molecule has 5 heteroatoms. The highest BCUT2D eigenvalue weighted by atomic mass is 16.5. The van der Waals surface area contributed by atoms with Gasteiger partial charge in [-0.1, -0.05) is 6.07 Å². The van der Waals surface area contributed by atoms with Gasteiger partial charge in [0.05, 0.1) is 19.9 Å². The Hall–Kier alpha value is -2.01. The fourth-order valence-electron chi connectivity index (χ4n) is 3.67. The number of aryl methyl sites for hydroxylation is 2. The summed E-state index contributed by atoms with van der Waals surface area (Å²) < 4.78 is 12.9. The van der Waals surface area contributed by atoms with Crippen LogP contribution in [0.4, 0.5) is 0 Å². The Labute approximate surface area is 150 Å². The fraction of sp³-hybridized carbons (Fsp3) is 0.550. The first-order valence-electron chi connectivity index (χ1n) is 9.03. The molecule has 0 saturated carbocycles. The molecule has 1 fully saturated rings. The van der Waals surface area contributed by atoms with E-state index in [1.165, 1.54) is 24.1 Å². The van der Waals surface area contributed by atoms with Crippen molar-refractivity contribution in [3.8, 4) is 11.5 Å². The normalized spacial score (nSPS) is 16.2. The van der Waals surface area contributed by atoms with Crippen molar-refractivity contribution >= 4 is 0 Å². The molecule has 25 heavy (non-hydrogen) atoms. The van der Waals surface area contributed by atoms with Crippen LogP contribution in [0.25, 0.3) is 0 Å². The summed E-state index contributed by atoms with van der Waals surface area (Å²) in [7, 11) is 3.36. The van der Waals surface area contributed by atoms with Crippen molar-refractivity contribution in [1.82, 2.24) is 14.7 Å².